The molecule has 0 aliphatic heterocycles. The Morgan fingerprint density at radius 2 is 2.33 bits per heavy atom. The summed E-state index contributed by atoms with van der Waals surface area (Å²) in [7, 11) is -2.74. The molecule has 0 bridgehead atoms. The van der Waals surface area contributed by atoms with Gasteiger partial charge in [0.15, 0.2) is 7.37 Å². The van der Waals surface area contributed by atoms with Crippen LogP contribution in [0.2, 0.25) is 0 Å². The largest absolute Gasteiger partial charge is 0.344 e. The molecule has 54 valence electrons. The van der Waals surface area contributed by atoms with E-state index in [1.807, 2.05) is 0 Å². The first-order valence-corrected chi connectivity index (χ1v) is 5.25. The van der Waals surface area contributed by atoms with Crippen molar-refractivity contribution in [3.63, 3.8) is 0 Å². The second-order valence-corrected chi connectivity index (χ2v) is 4.75. The fraction of sp³-hybridized carbons (Fsp3) is 0.667. The van der Waals surface area contributed by atoms with E-state index in [0.29, 0.717) is 6.16 Å². The Morgan fingerprint density at radius 3 is 2.67 bits per heavy atom. The van der Waals surface area contributed by atoms with Gasteiger partial charge in [0.25, 0.3) is 0 Å². The summed E-state index contributed by atoms with van der Waals surface area (Å²) in [5.41, 5.74) is 0. The molecular formula is C6H13O2P. The Balaban J connectivity index is 3.28. The highest BCUT2D eigenvalue weighted by Gasteiger charge is 2.06. The lowest BCUT2D eigenvalue weighted by Gasteiger charge is -2.01. The van der Waals surface area contributed by atoms with Gasteiger partial charge in [-0.05, 0) is 12.8 Å². The van der Waals surface area contributed by atoms with E-state index in [-0.39, 0.29) is 0 Å². The van der Waals surface area contributed by atoms with Crippen molar-refractivity contribution < 1.29 is 9.46 Å². The first kappa shape index (κ1) is 8.93. The molecule has 0 spiro atoms. The van der Waals surface area contributed by atoms with Gasteiger partial charge in [0.2, 0.25) is 0 Å². The fourth-order valence-electron chi connectivity index (χ4n) is 0.529. The minimum Gasteiger partial charge on any atom is -0.344 e. The van der Waals surface area contributed by atoms with Crippen LogP contribution in [0.15, 0.2) is 12.7 Å². The Hall–Kier alpha value is -0.0700. The quantitative estimate of drug-likeness (QED) is 0.375. The number of hydrogen-bond acceptors (Lipinski definition) is 1. The van der Waals surface area contributed by atoms with Gasteiger partial charge in [-0.15, -0.1) is 6.58 Å². The van der Waals surface area contributed by atoms with Crippen LogP contribution in [0, 0.1) is 0 Å². The van der Waals surface area contributed by atoms with Gasteiger partial charge >= 0.3 is 0 Å². The minimum atomic E-state index is -2.74. The molecule has 0 aromatic heterocycles. The van der Waals surface area contributed by atoms with E-state index < -0.39 is 7.37 Å². The second-order valence-electron chi connectivity index (χ2n) is 2.21. The number of hydrogen-bond donors (Lipinski definition) is 1. The lowest BCUT2D eigenvalue weighted by Crippen LogP contribution is -1.84. The molecular weight excluding hydrogens is 135 g/mol. The van der Waals surface area contributed by atoms with Gasteiger partial charge in [-0.1, -0.05) is 6.08 Å². The third-order valence-electron chi connectivity index (χ3n) is 0.981. The predicted molar refractivity (Wildman–Crippen MR) is 40.0 cm³/mol. The lowest BCUT2D eigenvalue weighted by atomic mass is 10.3. The monoisotopic (exact) mass is 148 g/mol. The predicted octanol–water partition coefficient (Wildman–Crippen LogP) is 1.85. The van der Waals surface area contributed by atoms with Gasteiger partial charge in [0.1, 0.15) is 0 Å². The van der Waals surface area contributed by atoms with E-state index in [4.69, 9.17) is 4.89 Å². The minimum absolute atomic E-state index is 0.416. The smallest absolute Gasteiger partial charge is 0.197 e. The molecule has 0 amide bonds. The molecule has 0 fully saturated rings. The first-order valence-electron chi connectivity index (χ1n) is 2.96. The van der Waals surface area contributed by atoms with Crippen molar-refractivity contribution in [2.45, 2.75) is 12.8 Å². The molecule has 0 aromatic carbocycles. The van der Waals surface area contributed by atoms with Crippen molar-refractivity contribution >= 4 is 7.37 Å². The van der Waals surface area contributed by atoms with E-state index in [1.54, 1.807) is 6.08 Å². The van der Waals surface area contributed by atoms with Crippen LogP contribution in [-0.2, 0) is 4.57 Å². The second kappa shape index (κ2) is 3.86. The van der Waals surface area contributed by atoms with E-state index in [9.17, 15) is 4.57 Å². The maximum atomic E-state index is 10.6. The van der Waals surface area contributed by atoms with Gasteiger partial charge in [-0.25, -0.2) is 0 Å². The molecule has 0 saturated carbocycles. The van der Waals surface area contributed by atoms with Crippen LogP contribution in [0.25, 0.3) is 0 Å². The number of unbranched alkanes of at least 4 members (excludes halogenated alkanes) is 1. The molecule has 1 N–H and O–H groups in total. The molecule has 0 aliphatic rings. The summed E-state index contributed by atoms with van der Waals surface area (Å²) in [6, 6.07) is 0. The van der Waals surface area contributed by atoms with Crippen LogP contribution in [0.3, 0.4) is 0 Å². The van der Waals surface area contributed by atoms with Gasteiger partial charge in [0, 0.05) is 12.8 Å². The molecule has 2 nitrogen and oxygen atoms in total. The van der Waals surface area contributed by atoms with Crippen molar-refractivity contribution in [3.05, 3.63) is 12.7 Å². The van der Waals surface area contributed by atoms with Crippen LogP contribution in [0.4, 0.5) is 0 Å². The zero-order valence-electron chi connectivity index (χ0n) is 5.71. The van der Waals surface area contributed by atoms with Gasteiger partial charge in [-0.2, -0.15) is 0 Å². The molecule has 1 atom stereocenters. The Labute approximate surface area is 56.0 Å². The van der Waals surface area contributed by atoms with Crippen LogP contribution in [-0.4, -0.2) is 17.7 Å². The van der Waals surface area contributed by atoms with E-state index in [2.05, 4.69) is 6.58 Å². The number of rotatable bonds is 4. The van der Waals surface area contributed by atoms with Crippen molar-refractivity contribution in [1.82, 2.24) is 0 Å². The zero-order valence-corrected chi connectivity index (χ0v) is 6.60. The van der Waals surface area contributed by atoms with Crippen molar-refractivity contribution in [2.75, 3.05) is 12.8 Å². The van der Waals surface area contributed by atoms with E-state index in [1.165, 1.54) is 6.66 Å². The molecule has 0 aliphatic carbocycles. The fourth-order valence-corrected chi connectivity index (χ4v) is 1.30. The Morgan fingerprint density at radius 1 is 1.78 bits per heavy atom. The molecule has 0 saturated heterocycles. The summed E-state index contributed by atoms with van der Waals surface area (Å²) in [6.45, 7) is 4.89. The summed E-state index contributed by atoms with van der Waals surface area (Å²) >= 11 is 0. The van der Waals surface area contributed by atoms with Gasteiger partial charge in [0.05, 0.1) is 0 Å². The maximum absolute atomic E-state index is 10.6. The van der Waals surface area contributed by atoms with Crippen LogP contribution < -0.4 is 0 Å². The standard InChI is InChI=1S/C6H13O2P/c1-3-4-5-6-9(2,7)8/h3H,1,4-6H2,2H3,(H,7,8). The lowest BCUT2D eigenvalue weighted by molar-refractivity contribution is 0.483. The van der Waals surface area contributed by atoms with E-state index in [0.717, 1.165) is 12.8 Å². The highest BCUT2D eigenvalue weighted by molar-refractivity contribution is 7.57. The molecule has 3 heteroatoms. The van der Waals surface area contributed by atoms with Gasteiger partial charge in [-0.3, -0.25) is 4.57 Å². The topological polar surface area (TPSA) is 37.3 Å². The zero-order chi connectivity index (χ0) is 7.33. The summed E-state index contributed by atoms with van der Waals surface area (Å²) in [6.07, 6.45) is 3.78. The summed E-state index contributed by atoms with van der Waals surface area (Å²) < 4.78 is 10.6. The summed E-state index contributed by atoms with van der Waals surface area (Å²) in [4.78, 5) is 8.77. The van der Waals surface area contributed by atoms with Crippen LogP contribution >= 0.6 is 7.37 Å². The molecule has 0 radical (unpaired) electrons. The summed E-state index contributed by atoms with van der Waals surface area (Å²) in [5.74, 6) is 0. The highest BCUT2D eigenvalue weighted by Crippen LogP contribution is 2.35. The van der Waals surface area contributed by atoms with Crippen molar-refractivity contribution in [2.24, 2.45) is 0 Å². The third-order valence-corrected chi connectivity index (χ3v) is 2.13. The average Bonchev–Trinajstić information content (AvgIpc) is 1.63. The van der Waals surface area contributed by atoms with Crippen molar-refractivity contribution in [1.29, 1.82) is 0 Å². The number of allylic oxidation sites excluding steroid dienone is 1. The van der Waals surface area contributed by atoms with Crippen LogP contribution in [0.5, 0.6) is 0 Å². The maximum Gasteiger partial charge on any atom is 0.197 e. The molecule has 9 heavy (non-hydrogen) atoms. The molecule has 0 heterocycles. The third kappa shape index (κ3) is 7.93. The van der Waals surface area contributed by atoms with Crippen molar-refractivity contribution in [3.8, 4) is 0 Å². The molecule has 0 rings (SSSR count). The normalized spacial score (nSPS) is 16.7. The van der Waals surface area contributed by atoms with Gasteiger partial charge < -0.3 is 4.89 Å². The average molecular weight is 148 g/mol. The Bertz CT molecular complexity index is 125. The molecule has 0 aromatic rings. The Kier molecular flexibility index (Phi) is 3.83. The SMILES string of the molecule is C=CCCCP(C)(=O)O. The first-order chi connectivity index (χ1) is 4.06. The molecule has 1 unspecified atom stereocenters. The van der Waals surface area contributed by atoms with Crippen LogP contribution in [0.1, 0.15) is 12.8 Å². The highest BCUT2D eigenvalue weighted by atomic mass is 31.2. The summed E-state index contributed by atoms with van der Waals surface area (Å²) in [5, 5.41) is 0. The van der Waals surface area contributed by atoms with E-state index >= 15 is 0 Å².